The number of nitrogens with one attached hydrogen (secondary N) is 2. The lowest BCUT2D eigenvalue weighted by Crippen LogP contribution is -2.45. The number of anilines is 1. The molecule has 2 amide bonds. The normalized spacial score (nSPS) is 17.8. The zero-order chi connectivity index (χ0) is 20.0. The summed E-state index contributed by atoms with van der Waals surface area (Å²) in [5.41, 5.74) is 0. The summed E-state index contributed by atoms with van der Waals surface area (Å²) >= 11 is 1.32. The van der Waals surface area contributed by atoms with Crippen molar-refractivity contribution in [2.75, 3.05) is 25.0 Å². The average molecular weight is 423 g/mol. The molecule has 28 heavy (non-hydrogen) atoms. The Kier molecular flexibility index (Phi) is 6.76. The van der Waals surface area contributed by atoms with Crippen LogP contribution < -0.4 is 10.6 Å². The standard InChI is InChI=1S/C18H22N4O4S2/c23-16(21-18-20-10-12-27-18)8-9-19-17(24)14-5-4-11-22(13-14)28(25,26)15-6-2-1-3-7-15/h1-3,6-7,10,12,14H,4-5,8-9,11,13H2,(H,19,24)(H,20,21,23)/t14-/m1/s1. The molecule has 2 aromatic rings. The minimum atomic E-state index is -3.61. The van der Waals surface area contributed by atoms with Crippen molar-refractivity contribution in [3.8, 4) is 0 Å². The third-order valence-electron chi connectivity index (χ3n) is 4.47. The molecule has 10 heteroatoms. The van der Waals surface area contributed by atoms with Gasteiger partial charge in [0.15, 0.2) is 5.13 Å². The zero-order valence-electron chi connectivity index (χ0n) is 15.2. The van der Waals surface area contributed by atoms with E-state index in [9.17, 15) is 18.0 Å². The zero-order valence-corrected chi connectivity index (χ0v) is 16.8. The SMILES string of the molecule is O=C(CCNC(=O)[C@@H]1CCCN(S(=O)(=O)c2ccccc2)C1)Nc1nccs1. The van der Waals surface area contributed by atoms with Gasteiger partial charge in [-0.3, -0.25) is 9.59 Å². The number of sulfonamides is 1. The first kappa shape index (κ1) is 20.4. The molecule has 1 atom stereocenters. The van der Waals surface area contributed by atoms with Crippen LogP contribution in [0.3, 0.4) is 0 Å². The molecule has 8 nitrogen and oxygen atoms in total. The summed E-state index contributed by atoms with van der Waals surface area (Å²) in [6, 6.07) is 8.23. The van der Waals surface area contributed by atoms with Crippen molar-refractivity contribution >= 4 is 38.3 Å². The van der Waals surface area contributed by atoms with Gasteiger partial charge in [-0.25, -0.2) is 13.4 Å². The van der Waals surface area contributed by atoms with Gasteiger partial charge in [0.05, 0.1) is 10.8 Å². The van der Waals surface area contributed by atoms with E-state index in [1.165, 1.54) is 15.6 Å². The fraction of sp³-hybridized carbons (Fsp3) is 0.389. The van der Waals surface area contributed by atoms with Crippen LogP contribution in [-0.4, -0.2) is 49.2 Å². The maximum atomic E-state index is 12.7. The van der Waals surface area contributed by atoms with Gasteiger partial charge in [-0.05, 0) is 25.0 Å². The lowest BCUT2D eigenvalue weighted by atomic mass is 9.99. The van der Waals surface area contributed by atoms with Crippen molar-refractivity contribution < 1.29 is 18.0 Å². The summed E-state index contributed by atoms with van der Waals surface area (Å²) in [5.74, 6) is -0.878. The molecule has 2 N–H and O–H groups in total. The molecule has 1 aliphatic rings. The Labute approximate surface area is 168 Å². The van der Waals surface area contributed by atoms with Crippen LogP contribution in [0.2, 0.25) is 0 Å². The van der Waals surface area contributed by atoms with E-state index in [2.05, 4.69) is 15.6 Å². The second-order valence-corrected chi connectivity index (χ2v) is 9.27. The molecular weight excluding hydrogens is 400 g/mol. The quantitative estimate of drug-likeness (QED) is 0.706. The lowest BCUT2D eigenvalue weighted by molar-refractivity contribution is -0.126. The Morgan fingerprint density at radius 3 is 2.75 bits per heavy atom. The number of thiazole rings is 1. The second kappa shape index (κ2) is 9.26. The third-order valence-corrected chi connectivity index (χ3v) is 7.03. The largest absolute Gasteiger partial charge is 0.355 e. The van der Waals surface area contributed by atoms with Gasteiger partial charge in [-0.1, -0.05) is 18.2 Å². The van der Waals surface area contributed by atoms with Gasteiger partial charge in [0.1, 0.15) is 0 Å². The molecular formula is C18H22N4O4S2. The first-order chi connectivity index (χ1) is 13.5. The smallest absolute Gasteiger partial charge is 0.243 e. The van der Waals surface area contributed by atoms with Gasteiger partial charge in [0, 0.05) is 37.6 Å². The van der Waals surface area contributed by atoms with Crippen molar-refractivity contribution in [2.24, 2.45) is 5.92 Å². The van der Waals surface area contributed by atoms with E-state index in [0.29, 0.717) is 24.5 Å². The van der Waals surface area contributed by atoms with E-state index in [1.807, 2.05) is 0 Å². The van der Waals surface area contributed by atoms with Gasteiger partial charge in [0.2, 0.25) is 21.8 Å². The second-order valence-electron chi connectivity index (χ2n) is 6.44. The predicted octanol–water partition coefficient (Wildman–Crippen LogP) is 1.69. The van der Waals surface area contributed by atoms with E-state index in [0.717, 1.165) is 0 Å². The van der Waals surface area contributed by atoms with Gasteiger partial charge in [-0.2, -0.15) is 4.31 Å². The van der Waals surface area contributed by atoms with Crippen molar-refractivity contribution in [2.45, 2.75) is 24.2 Å². The number of carbonyl (C=O) groups is 2. The summed E-state index contributed by atoms with van der Waals surface area (Å²) in [5, 5.41) is 7.66. The molecule has 2 heterocycles. The number of piperidine rings is 1. The summed E-state index contributed by atoms with van der Waals surface area (Å²) < 4.78 is 26.9. The van der Waals surface area contributed by atoms with Crippen molar-refractivity contribution in [3.63, 3.8) is 0 Å². The number of rotatable bonds is 7. The summed E-state index contributed by atoms with van der Waals surface area (Å²) in [7, 11) is -3.61. The minimum Gasteiger partial charge on any atom is -0.355 e. The fourth-order valence-electron chi connectivity index (χ4n) is 3.03. The highest BCUT2D eigenvalue weighted by Crippen LogP contribution is 2.23. The van der Waals surface area contributed by atoms with Crippen LogP contribution in [0.25, 0.3) is 0 Å². The van der Waals surface area contributed by atoms with Gasteiger partial charge < -0.3 is 10.6 Å². The van der Waals surface area contributed by atoms with E-state index in [1.54, 1.807) is 41.9 Å². The Bertz CT molecular complexity index is 901. The Balaban J connectivity index is 1.49. The van der Waals surface area contributed by atoms with Gasteiger partial charge >= 0.3 is 0 Å². The molecule has 0 saturated carbocycles. The van der Waals surface area contributed by atoms with E-state index < -0.39 is 15.9 Å². The summed E-state index contributed by atoms with van der Waals surface area (Å²) in [4.78, 5) is 28.5. The molecule has 0 unspecified atom stereocenters. The Hall–Kier alpha value is -2.30. The average Bonchev–Trinajstić information content (AvgIpc) is 3.21. The van der Waals surface area contributed by atoms with Crippen LogP contribution in [0.15, 0.2) is 46.8 Å². The Morgan fingerprint density at radius 1 is 1.25 bits per heavy atom. The molecule has 0 bridgehead atoms. The van der Waals surface area contributed by atoms with Crippen LogP contribution in [0.5, 0.6) is 0 Å². The fourth-order valence-corrected chi connectivity index (χ4v) is 5.12. The molecule has 1 aromatic heterocycles. The van der Waals surface area contributed by atoms with E-state index in [-0.39, 0.29) is 36.2 Å². The molecule has 3 rings (SSSR count). The highest BCUT2D eigenvalue weighted by atomic mass is 32.2. The van der Waals surface area contributed by atoms with Crippen LogP contribution >= 0.6 is 11.3 Å². The van der Waals surface area contributed by atoms with Crippen molar-refractivity contribution in [1.82, 2.24) is 14.6 Å². The third kappa shape index (κ3) is 5.15. The predicted molar refractivity (Wildman–Crippen MR) is 106 cm³/mol. The molecule has 1 saturated heterocycles. The van der Waals surface area contributed by atoms with Crippen molar-refractivity contribution in [1.29, 1.82) is 0 Å². The molecule has 1 aliphatic heterocycles. The number of carbonyl (C=O) groups excluding carboxylic acids is 2. The van der Waals surface area contributed by atoms with Crippen LogP contribution in [-0.2, 0) is 19.6 Å². The van der Waals surface area contributed by atoms with E-state index >= 15 is 0 Å². The number of benzene rings is 1. The molecule has 0 aliphatic carbocycles. The number of hydrogen-bond donors (Lipinski definition) is 2. The lowest BCUT2D eigenvalue weighted by Gasteiger charge is -2.31. The maximum Gasteiger partial charge on any atom is 0.243 e. The topological polar surface area (TPSA) is 108 Å². The first-order valence-electron chi connectivity index (χ1n) is 8.99. The van der Waals surface area contributed by atoms with Gasteiger partial charge in [-0.15, -0.1) is 11.3 Å². The Morgan fingerprint density at radius 2 is 2.04 bits per heavy atom. The van der Waals surface area contributed by atoms with Crippen LogP contribution in [0.4, 0.5) is 5.13 Å². The molecule has 150 valence electrons. The minimum absolute atomic E-state index is 0.129. The maximum absolute atomic E-state index is 12.7. The van der Waals surface area contributed by atoms with Crippen LogP contribution in [0.1, 0.15) is 19.3 Å². The molecule has 1 fully saturated rings. The van der Waals surface area contributed by atoms with Crippen LogP contribution in [0, 0.1) is 5.92 Å². The highest BCUT2D eigenvalue weighted by Gasteiger charge is 2.33. The number of aromatic nitrogens is 1. The number of nitrogens with zero attached hydrogens (tertiary/aromatic N) is 2. The molecule has 1 aromatic carbocycles. The van der Waals surface area contributed by atoms with Crippen molar-refractivity contribution in [3.05, 3.63) is 41.9 Å². The monoisotopic (exact) mass is 422 g/mol. The first-order valence-corrected chi connectivity index (χ1v) is 11.3. The van der Waals surface area contributed by atoms with Gasteiger partial charge in [0.25, 0.3) is 0 Å². The highest BCUT2D eigenvalue weighted by molar-refractivity contribution is 7.89. The number of amides is 2. The summed E-state index contributed by atoms with van der Waals surface area (Å²) in [6.45, 7) is 0.740. The number of hydrogen-bond acceptors (Lipinski definition) is 6. The summed E-state index contributed by atoms with van der Waals surface area (Å²) in [6.07, 6.45) is 2.97. The molecule has 0 radical (unpaired) electrons. The molecule has 0 spiro atoms. The van der Waals surface area contributed by atoms with E-state index in [4.69, 9.17) is 0 Å².